The molecule has 2 rings (SSSR count). The van der Waals surface area contributed by atoms with Crippen LogP contribution in [0.25, 0.3) is 0 Å². The van der Waals surface area contributed by atoms with Crippen molar-refractivity contribution in [3.8, 4) is 5.75 Å². The van der Waals surface area contributed by atoms with E-state index in [-0.39, 0.29) is 5.41 Å². The molecular formula is C16H23NO. The van der Waals surface area contributed by atoms with Crippen LogP contribution in [0.15, 0.2) is 36.5 Å². The van der Waals surface area contributed by atoms with E-state index in [9.17, 15) is 0 Å². The number of nitrogens with one attached hydrogen (secondary N) is 1. The maximum absolute atomic E-state index is 5.36. The Bertz CT molecular complexity index is 427. The Hall–Kier alpha value is -1.44. The summed E-state index contributed by atoms with van der Waals surface area (Å²) < 4.78 is 5.36. The molecule has 0 saturated heterocycles. The minimum Gasteiger partial charge on any atom is -0.497 e. The molecule has 1 heterocycles. The maximum Gasteiger partial charge on any atom is 0.119 e. The van der Waals surface area contributed by atoms with Crippen molar-refractivity contribution in [1.29, 1.82) is 0 Å². The summed E-state index contributed by atoms with van der Waals surface area (Å²) in [6, 6.07) is 9.02. The summed E-state index contributed by atoms with van der Waals surface area (Å²) >= 11 is 0. The summed E-state index contributed by atoms with van der Waals surface area (Å²) in [6.07, 6.45) is 7.95. The lowest BCUT2D eigenvalue weighted by Crippen LogP contribution is -2.37. The van der Waals surface area contributed by atoms with Crippen LogP contribution in [0.5, 0.6) is 5.75 Å². The molecule has 1 aromatic rings. The Morgan fingerprint density at radius 1 is 1.44 bits per heavy atom. The first kappa shape index (κ1) is 13.0. The lowest BCUT2D eigenvalue weighted by atomic mass is 9.71. The summed E-state index contributed by atoms with van der Waals surface area (Å²) in [5.41, 5.74) is 1.53. The van der Waals surface area contributed by atoms with Gasteiger partial charge in [0.15, 0.2) is 0 Å². The molecule has 1 N–H and O–H groups in total. The van der Waals surface area contributed by atoms with Crippen LogP contribution in [0, 0.1) is 0 Å². The van der Waals surface area contributed by atoms with Gasteiger partial charge < -0.3 is 10.1 Å². The van der Waals surface area contributed by atoms with Crippen molar-refractivity contribution in [2.75, 3.05) is 7.11 Å². The van der Waals surface area contributed by atoms with Crippen molar-refractivity contribution in [2.45, 2.75) is 44.6 Å². The number of hydrogen-bond acceptors (Lipinski definition) is 2. The fourth-order valence-corrected chi connectivity index (χ4v) is 2.97. The second kappa shape index (κ2) is 5.47. The molecular weight excluding hydrogens is 222 g/mol. The van der Waals surface area contributed by atoms with E-state index < -0.39 is 0 Å². The predicted molar refractivity (Wildman–Crippen MR) is 75.9 cm³/mol. The Labute approximate surface area is 110 Å². The third kappa shape index (κ3) is 2.53. The lowest BCUT2D eigenvalue weighted by molar-refractivity contribution is 0.368. The van der Waals surface area contributed by atoms with Crippen LogP contribution < -0.4 is 10.1 Å². The Balaban J connectivity index is 2.39. The van der Waals surface area contributed by atoms with Gasteiger partial charge in [0.2, 0.25) is 0 Å². The van der Waals surface area contributed by atoms with Crippen LogP contribution in [0.4, 0.5) is 0 Å². The number of hydrogen-bond donors (Lipinski definition) is 1. The number of rotatable bonds is 4. The minimum absolute atomic E-state index is 0.161. The highest BCUT2D eigenvalue weighted by Gasteiger charge is 2.32. The van der Waals surface area contributed by atoms with E-state index in [1.54, 1.807) is 7.11 Å². The average Bonchev–Trinajstić information content (AvgIpc) is 2.39. The zero-order valence-corrected chi connectivity index (χ0v) is 11.6. The number of ether oxygens (including phenoxy) is 1. The second-order valence-corrected chi connectivity index (χ2v) is 5.24. The van der Waals surface area contributed by atoms with E-state index in [1.165, 1.54) is 18.4 Å². The molecule has 0 aromatic heterocycles. The molecule has 0 fully saturated rings. The van der Waals surface area contributed by atoms with Gasteiger partial charge >= 0.3 is 0 Å². The van der Waals surface area contributed by atoms with Gasteiger partial charge in [0.1, 0.15) is 5.75 Å². The molecule has 0 saturated carbocycles. The molecule has 2 atom stereocenters. The zero-order valence-electron chi connectivity index (χ0n) is 11.6. The van der Waals surface area contributed by atoms with Crippen LogP contribution in [0.2, 0.25) is 0 Å². The summed E-state index contributed by atoms with van der Waals surface area (Å²) in [7, 11) is 1.73. The highest BCUT2D eigenvalue weighted by Crippen LogP contribution is 2.38. The van der Waals surface area contributed by atoms with Crippen molar-refractivity contribution in [2.24, 2.45) is 0 Å². The SMILES string of the molecule is CCCC1(c2cccc(OC)c2)C=CNC(C)C1. The van der Waals surface area contributed by atoms with Crippen molar-refractivity contribution >= 4 is 0 Å². The van der Waals surface area contributed by atoms with Crippen LogP contribution in [-0.4, -0.2) is 13.2 Å². The van der Waals surface area contributed by atoms with Gasteiger partial charge in [0.25, 0.3) is 0 Å². The first-order valence-electron chi connectivity index (χ1n) is 6.78. The van der Waals surface area contributed by atoms with E-state index in [0.29, 0.717) is 6.04 Å². The zero-order chi connectivity index (χ0) is 13.0. The van der Waals surface area contributed by atoms with Gasteiger partial charge in [-0.25, -0.2) is 0 Å². The molecule has 0 spiro atoms. The molecule has 1 aliphatic heterocycles. The molecule has 2 unspecified atom stereocenters. The van der Waals surface area contributed by atoms with Gasteiger partial charge in [-0.05, 0) is 43.7 Å². The Morgan fingerprint density at radius 3 is 2.94 bits per heavy atom. The van der Waals surface area contributed by atoms with Gasteiger partial charge in [0.05, 0.1) is 7.11 Å². The first-order valence-corrected chi connectivity index (χ1v) is 6.78. The van der Waals surface area contributed by atoms with Gasteiger partial charge in [-0.2, -0.15) is 0 Å². The molecule has 1 aromatic carbocycles. The number of benzene rings is 1. The summed E-state index contributed by atoms with van der Waals surface area (Å²) in [5, 5.41) is 3.38. The highest BCUT2D eigenvalue weighted by molar-refractivity contribution is 5.38. The van der Waals surface area contributed by atoms with E-state index in [0.717, 1.165) is 12.2 Å². The molecule has 0 bridgehead atoms. The van der Waals surface area contributed by atoms with Gasteiger partial charge in [-0.3, -0.25) is 0 Å². The minimum atomic E-state index is 0.161. The third-order valence-corrected chi connectivity index (χ3v) is 3.79. The number of methoxy groups -OCH3 is 1. The van der Waals surface area contributed by atoms with E-state index in [4.69, 9.17) is 4.74 Å². The molecule has 0 aliphatic carbocycles. The van der Waals surface area contributed by atoms with Crippen LogP contribution in [0.1, 0.15) is 38.7 Å². The largest absolute Gasteiger partial charge is 0.497 e. The molecule has 18 heavy (non-hydrogen) atoms. The van der Waals surface area contributed by atoms with Crippen LogP contribution >= 0.6 is 0 Å². The van der Waals surface area contributed by atoms with Crippen molar-refractivity contribution < 1.29 is 4.74 Å². The topological polar surface area (TPSA) is 21.3 Å². The van der Waals surface area contributed by atoms with Crippen molar-refractivity contribution in [3.63, 3.8) is 0 Å². The fraction of sp³-hybridized carbons (Fsp3) is 0.500. The Morgan fingerprint density at radius 2 is 2.28 bits per heavy atom. The summed E-state index contributed by atoms with van der Waals surface area (Å²) in [5.74, 6) is 0.947. The molecule has 98 valence electrons. The number of allylic oxidation sites excluding steroid dienone is 1. The smallest absolute Gasteiger partial charge is 0.119 e. The van der Waals surface area contributed by atoms with Crippen molar-refractivity contribution in [3.05, 3.63) is 42.1 Å². The molecule has 2 heteroatoms. The summed E-state index contributed by atoms with van der Waals surface area (Å²) in [4.78, 5) is 0. The molecule has 0 amide bonds. The second-order valence-electron chi connectivity index (χ2n) is 5.24. The van der Waals surface area contributed by atoms with Gasteiger partial charge in [0, 0.05) is 11.5 Å². The third-order valence-electron chi connectivity index (χ3n) is 3.79. The fourth-order valence-electron chi connectivity index (χ4n) is 2.97. The molecule has 1 aliphatic rings. The molecule has 0 radical (unpaired) electrons. The van der Waals surface area contributed by atoms with Crippen LogP contribution in [0.3, 0.4) is 0 Å². The predicted octanol–water partition coefficient (Wildman–Crippen LogP) is 3.63. The normalized spacial score (nSPS) is 26.7. The maximum atomic E-state index is 5.36. The Kier molecular flexibility index (Phi) is 3.95. The van der Waals surface area contributed by atoms with E-state index in [2.05, 4.69) is 49.6 Å². The average molecular weight is 245 g/mol. The first-order chi connectivity index (χ1) is 8.70. The standard InChI is InChI=1S/C16H23NO/c1-4-8-16(9-10-17-13(2)12-16)14-6-5-7-15(11-14)18-3/h5-7,9-11,13,17H,4,8,12H2,1-3H3. The van der Waals surface area contributed by atoms with Crippen LogP contribution in [-0.2, 0) is 5.41 Å². The van der Waals surface area contributed by atoms with E-state index in [1.807, 2.05) is 6.07 Å². The van der Waals surface area contributed by atoms with Gasteiger partial charge in [-0.1, -0.05) is 31.6 Å². The summed E-state index contributed by atoms with van der Waals surface area (Å²) in [6.45, 7) is 4.50. The quantitative estimate of drug-likeness (QED) is 0.874. The van der Waals surface area contributed by atoms with E-state index >= 15 is 0 Å². The van der Waals surface area contributed by atoms with Gasteiger partial charge in [-0.15, -0.1) is 0 Å². The molecule has 2 nitrogen and oxygen atoms in total. The lowest BCUT2D eigenvalue weighted by Gasteiger charge is -2.37. The highest BCUT2D eigenvalue weighted by atomic mass is 16.5. The monoisotopic (exact) mass is 245 g/mol. The van der Waals surface area contributed by atoms with Crippen molar-refractivity contribution in [1.82, 2.24) is 5.32 Å².